The molecule has 2 rings (SSSR count). The Balaban J connectivity index is 2.35. The summed E-state index contributed by atoms with van der Waals surface area (Å²) < 4.78 is 0. The second kappa shape index (κ2) is 2.28. The van der Waals surface area contributed by atoms with E-state index in [1.54, 1.807) is 4.90 Å². The average molecular weight is 166 g/mol. The molecule has 2 aliphatic heterocycles. The lowest BCUT2D eigenvalue weighted by atomic mass is 10.3. The minimum atomic E-state index is 0.339. The van der Waals surface area contributed by atoms with Gasteiger partial charge >= 0.3 is 0 Å². The summed E-state index contributed by atoms with van der Waals surface area (Å²) in [7, 11) is 0. The summed E-state index contributed by atoms with van der Waals surface area (Å²) in [4.78, 5) is 5.70. The third-order valence-electron chi connectivity index (χ3n) is 1.95. The van der Waals surface area contributed by atoms with Crippen molar-refractivity contribution >= 4 is 17.6 Å². The fourth-order valence-electron chi connectivity index (χ4n) is 1.35. The summed E-state index contributed by atoms with van der Waals surface area (Å²) in [5.74, 6) is 6.90. The molecule has 0 saturated carbocycles. The molecule has 0 spiro atoms. The highest BCUT2D eigenvalue weighted by Crippen LogP contribution is 2.12. The molecule has 0 unspecified atom stereocenters. The largest absolute Gasteiger partial charge is 0.297 e. The summed E-state index contributed by atoms with van der Waals surface area (Å²) in [5.41, 5.74) is 0. The van der Waals surface area contributed by atoms with Crippen molar-refractivity contribution in [2.24, 2.45) is 10.8 Å². The number of guanidine groups is 1. The Morgan fingerprint density at radius 3 is 2.92 bits per heavy atom. The summed E-state index contributed by atoms with van der Waals surface area (Å²) >= 11 is 0. The molecule has 64 valence electrons. The number of rotatable bonds is 0. The van der Waals surface area contributed by atoms with Crippen LogP contribution >= 0.6 is 0 Å². The van der Waals surface area contributed by atoms with E-state index >= 15 is 0 Å². The molecule has 0 aromatic heterocycles. The zero-order valence-corrected chi connectivity index (χ0v) is 6.54. The molecular weight excluding hydrogens is 156 g/mol. The molecule has 1 saturated heterocycles. The van der Waals surface area contributed by atoms with Gasteiger partial charge in [-0.25, -0.2) is 5.84 Å². The molecule has 0 bridgehead atoms. The van der Waals surface area contributed by atoms with Crippen LogP contribution in [0.2, 0.25) is 0 Å². The van der Waals surface area contributed by atoms with E-state index in [1.165, 1.54) is 5.01 Å². The third-order valence-corrected chi connectivity index (χ3v) is 1.95. The van der Waals surface area contributed by atoms with Crippen LogP contribution in [-0.4, -0.2) is 40.6 Å². The minimum Gasteiger partial charge on any atom is -0.297 e. The van der Waals surface area contributed by atoms with Crippen LogP contribution < -0.4 is 5.84 Å². The summed E-state index contributed by atoms with van der Waals surface area (Å²) in [6.07, 6.45) is 0.597. The van der Waals surface area contributed by atoms with Crippen molar-refractivity contribution < 1.29 is 0 Å². The molecule has 0 aromatic rings. The lowest BCUT2D eigenvalue weighted by molar-refractivity contribution is 0.483. The van der Waals surface area contributed by atoms with Gasteiger partial charge in [-0.1, -0.05) is 0 Å². The fourth-order valence-corrected chi connectivity index (χ4v) is 1.35. The van der Waals surface area contributed by atoms with Crippen LogP contribution in [0.4, 0.5) is 0 Å². The van der Waals surface area contributed by atoms with Crippen molar-refractivity contribution in [2.45, 2.75) is 6.42 Å². The lowest BCUT2D eigenvalue weighted by Crippen LogP contribution is -2.42. The second-order valence-electron chi connectivity index (χ2n) is 2.83. The molecule has 2 aliphatic rings. The number of hydrogen-bond acceptors (Lipinski definition) is 4. The first-order valence-electron chi connectivity index (χ1n) is 3.72. The number of hydrazine groups is 1. The summed E-state index contributed by atoms with van der Waals surface area (Å²) in [5, 5.41) is 16.3. The van der Waals surface area contributed by atoms with Gasteiger partial charge in [-0.05, 0) is 0 Å². The van der Waals surface area contributed by atoms with E-state index in [0.717, 1.165) is 0 Å². The standard InChI is InChI=1S/C6H10N6/c7-4-1-2-11-5(8)3-12(9)6(11)10-4/h7-8H,1-3,9H2. The molecule has 4 N–H and O–H groups in total. The Labute approximate surface area is 69.6 Å². The van der Waals surface area contributed by atoms with Crippen LogP contribution in [-0.2, 0) is 0 Å². The quantitative estimate of drug-likeness (QED) is 0.411. The highest BCUT2D eigenvalue weighted by molar-refractivity contribution is 6.10. The van der Waals surface area contributed by atoms with Gasteiger partial charge in [-0.15, -0.1) is 0 Å². The molecule has 0 amide bonds. The molecule has 0 aliphatic carbocycles. The number of amidine groups is 2. The molecule has 12 heavy (non-hydrogen) atoms. The Morgan fingerprint density at radius 1 is 1.42 bits per heavy atom. The maximum absolute atomic E-state index is 7.52. The Kier molecular flexibility index (Phi) is 1.37. The van der Waals surface area contributed by atoms with Gasteiger partial charge in [0, 0.05) is 13.0 Å². The number of fused-ring (bicyclic) bond motifs is 1. The molecule has 6 heteroatoms. The Bertz CT molecular complexity index is 280. The maximum atomic E-state index is 7.52. The minimum absolute atomic E-state index is 0.339. The lowest BCUT2D eigenvalue weighted by Gasteiger charge is -2.22. The van der Waals surface area contributed by atoms with E-state index in [-0.39, 0.29) is 0 Å². The highest BCUT2D eigenvalue weighted by atomic mass is 15.6. The number of aliphatic imine (C=N–C) groups is 1. The van der Waals surface area contributed by atoms with Crippen LogP contribution in [0.5, 0.6) is 0 Å². The normalized spacial score (nSPS) is 22.9. The summed E-state index contributed by atoms with van der Waals surface area (Å²) in [6.45, 7) is 1.05. The van der Waals surface area contributed by atoms with Gasteiger partial charge in [0.25, 0.3) is 0 Å². The molecule has 0 aromatic carbocycles. The van der Waals surface area contributed by atoms with Gasteiger partial charge in [0.2, 0.25) is 5.96 Å². The average Bonchev–Trinajstić information content (AvgIpc) is 2.28. The van der Waals surface area contributed by atoms with Gasteiger partial charge < -0.3 is 0 Å². The van der Waals surface area contributed by atoms with Gasteiger partial charge in [0.05, 0.1) is 6.54 Å². The van der Waals surface area contributed by atoms with Gasteiger partial charge in [0.1, 0.15) is 11.7 Å². The number of nitrogens with one attached hydrogen (secondary N) is 2. The molecule has 6 nitrogen and oxygen atoms in total. The van der Waals surface area contributed by atoms with E-state index < -0.39 is 0 Å². The van der Waals surface area contributed by atoms with E-state index in [0.29, 0.717) is 37.1 Å². The Morgan fingerprint density at radius 2 is 2.17 bits per heavy atom. The Hall–Kier alpha value is -1.43. The highest BCUT2D eigenvalue weighted by Gasteiger charge is 2.32. The van der Waals surface area contributed by atoms with Crippen molar-refractivity contribution in [1.82, 2.24) is 9.91 Å². The first-order chi connectivity index (χ1) is 5.68. The third kappa shape index (κ3) is 0.884. The van der Waals surface area contributed by atoms with Crippen LogP contribution in [0.15, 0.2) is 4.99 Å². The zero-order valence-electron chi connectivity index (χ0n) is 6.54. The van der Waals surface area contributed by atoms with Crippen molar-refractivity contribution in [3.8, 4) is 0 Å². The number of nitrogens with two attached hydrogens (primary N) is 1. The van der Waals surface area contributed by atoms with Crippen molar-refractivity contribution in [3.05, 3.63) is 0 Å². The van der Waals surface area contributed by atoms with E-state index in [2.05, 4.69) is 4.99 Å². The predicted molar refractivity (Wildman–Crippen MR) is 45.1 cm³/mol. The van der Waals surface area contributed by atoms with E-state index in [4.69, 9.17) is 16.7 Å². The molecule has 1 fully saturated rings. The van der Waals surface area contributed by atoms with Crippen LogP contribution in [0.1, 0.15) is 6.42 Å². The fraction of sp³-hybridized carbons (Fsp3) is 0.500. The number of hydrogen-bond donors (Lipinski definition) is 3. The van der Waals surface area contributed by atoms with E-state index in [9.17, 15) is 0 Å². The summed E-state index contributed by atoms with van der Waals surface area (Å²) in [6, 6.07) is 0. The molecule has 0 atom stereocenters. The van der Waals surface area contributed by atoms with Crippen LogP contribution in [0, 0.1) is 10.8 Å². The van der Waals surface area contributed by atoms with E-state index in [1.807, 2.05) is 0 Å². The van der Waals surface area contributed by atoms with Crippen LogP contribution in [0.25, 0.3) is 0 Å². The van der Waals surface area contributed by atoms with Gasteiger partial charge in [-0.2, -0.15) is 4.99 Å². The first kappa shape index (κ1) is 7.23. The van der Waals surface area contributed by atoms with Gasteiger partial charge in [0.15, 0.2) is 0 Å². The first-order valence-corrected chi connectivity index (χ1v) is 3.72. The second-order valence-corrected chi connectivity index (χ2v) is 2.83. The maximum Gasteiger partial charge on any atom is 0.223 e. The monoisotopic (exact) mass is 166 g/mol. The smallest absolute Gasteiger partial charge is 0.223 e. The molecule has 0 radical (unpaired) electrons. The number of nitrogens with zero attached hydrogens (tertiary/aromatic N) is 3. The topological polar surface area (TPSA) is 92.6 Å². The zero-order chi connectivity index (χ0) is 8.72. The van der Waals surface area contributed by atoms with Crippen molar-refractivity contribution in [2.75, 3.05) is 13.1 Å². The molecular formula is C6H10N6. The molecule has 2 heterocycles. The van der Waals surface area contributed by atoms with Crippen LogP contribution in [0.3, 0.4) is 0 Å². The van der Waals surface area contributed by atoms with Crippen molar-refractivity contribution in [1.29, 1.82) is 10.8 Å². The SMILES string of the molecule is N=C1CCN2C(=N)CN(N)C2=N1. The predicted octanol–water partition coefficient (Wildman–Crippen LogP) is -0.808. The van der Waals surface area contributed by atoms with Gasteiger partial charge in [-0.3, -0.25) is 20.7 Å². The van der Waals surface area contributed by atoms with Crippen molar-refractivity contribution in [3.63, 3.8) is 0 Å².